The number of aromatic nitrogens is 4. The van der Waals surface area contributed by atoms with Gasteiger partial charge in [-0.1, -0.05) is 19.1 Å². The zero-order chi connectivity index (χ0) is 23.5. The van der Waals surface area contributed by atoms with Gasteiger partial charge >= 0.3 is 6.18 Å². The molecule has 0 radical (unpaired) electrons. The Morgan fingerprint density at radius 2 is 1.84 bits per heavy atom. The van der Waals surface area contributed by atoms with Gasteiger partial charge < -0.3 is 10.6 Å². The molecule has 0 saturated carbocycles. The number of benzene rings is 1. The lowest BCUT2D eigenvalue weighted by Gasteiger charge is -2.12. The molecule has 11 heteroatoms. The molecule has 0 fully saturated rings. The number of nitrogens with one attached hydrogen (secondary N) is 2. The highest BCUT2D eigenvalue weighted by Gasteiger charge is 2.37. The predicted molar refractivity (Wildman–Crippen MR) is 111 cm³/mol. The van der Waals surface area contributed by atoms with Crippen LogP contribution in [-0.4, -0.2) is 37.9 Å². The lowest BCUT2D eigenvalue weighted by molar-refractivity contribution is -0.144. The molecule has 3 aromatic rings. The van der Waals surface area contributed by atoms with E-state index in [2.05, 4.69) is 25.7 Å². The van der Waals surface area contributed by atoms with Crippen LogP contribution in [0.25, 0.3) is 5.78 Å². The summed E-state index contributed by atoms with van der Waals surface area (Å²) in [5, 5.41) is 9.01. The number of carbonyl (C=O) groups is 2. The van der Waals surface area contributed by atoms with E-state index in [9.17, 15) is 22.8 Å². The number of rotatable bonds is 7. The molecule has 3 rings (SSSR count). The number of para-hydroxylation sites is 1. The number of carbonyl (C=O) groups excluding carboxylic acids is 2. The molecule has 8 nitrogen and oxygen atoms in total. The highest BCUT2D eigenvalue weighted by molar-refractivity contribution is 6.03. The molecule has 32 heavy (non-hydrogen) atoms. The van der Waals surface area contributed by atoms with Crippen LogP contribution in [0.4, 0.5) is 18.9 Å². The van der Waals surface area contributed by atoms with Gasteiger partial charge in [0.25, 0.3) is 17.5 Å². The standard InChI is InChI=1S/C21H23F3N6O2/c1-4-11-25-18(32)15-7-5-6-8-16(15)27-17(31)10-9-14-12(2)26-20-28-19(21(22,23)24)29-30(20)13(14)3/h5-8H,4,9-11H2,1-3H3,(H,25,32)(H,27,31). The third-order valence-corrected chi connectivity index (χ3v) is 4.89. The van der Waals surface area contributed by atoms with Crippen molar-refractivity contribution in [1.29, 1.82) is 0 Å². The van der Waals surface area contributed by atoms with Crippen molar-refractivity contribution in [3.05, 3.63) is 52.6 Å². The van der Waals surface area contributed by atoms with Crippen LogP contribution in [0.3, 0.4) is 0 Å². The topological polar surface area (TPSA) is 101 Å². The molecular formula is C21H23F3N6O2. The maximum absolute atomic E-state index is 12.9. The van der Waals surface area contributed by atoms with E-state index in [4.69, 9.17) is 0 Å². The molecule has 0 spiro atoms. The van der Waals surface area contributed by atoms with Crippen LogP contribution in [0.5, 0.6) is 0 Å². The van der Waals surface area contributed by atoms with Crippen LogP contribution in [0, 0.1) is 13.8 Å². The monoisotopic (exact) mass is 448 g/mol. The van der Waals surface area contributed by atoms with Crippen LogP contribution >= 0.6 is 0 Å². The van der Waals surface area contributed by atoms with Crippen molar-refractivity contribution in [2.75, 3.05) is 11.9 Å². The number of alkyl halides is 3. The zero-order valence-electron chi connectivity index (χ0n) is 17.9. The molecule has 0 unspecified atom stereocenters. The van der Waals surface area contributed by atoms with Crippen molar-refractivity contribution >= 4 is 23.3 Å². The van der Waals surface area contributed by atoms with Gasteiger partial charge in [0, 0.05) is 24.4 Å². The van der Waals surface area contributed by atoms with Crippen molar-refractivity contribution < 1.29 is 22.8 Å². The first-order valence-corrected chi connectivity index (χ1v) is 10.1. The molecule has 0 atom stereocenters. The third kappa shape index (κ3) is 5.04. The fourth-order valence-corrected chi connectivity index (χ4v) is 3.27. The number of nitrogens with zero attached hydrogens (tertiary/aromatic N) is 4. The molecule has 2 aromatic heterocycles. The molecule has 0 aliphatic rings. The molecule has 0 bridgehead atoms. The third-order valence-electron chi connectivity index (χ3n) is 4.89. The molecule has 0 aliphatic carbocycles. The normalized spacial score (nSPS) is 11.6. The summed E-state index contributed by atoms with van der Waals surface area (Å²) in [6.45, 7) is 5.72. The van der Waals surface area contributed by atoms with Crippen LogP contribution in [0.1, 0.15) is 52.9 Å². The Kier molecular flexibility index (Phi) is 6.75. The van der Waals surface area contributed by atoms with Crippen molar-refractivity contribution in [3.8, 4) is 0 Å². The van der Waals surface area contributed by atoms with E-state index in [1.807, 2.05) is 6.92 Å². The van der Waals surface area contributed by atoms with Crippen LogP contribution in [0.15, 0.2) is 24.3 Å². The van der Waals surface area contributed by atoms with Gasteiger partial charge in [-0.05, 0) is 44.4 Å². The maximum Gasteiger partial charge on any atom is 0.453 e. The van der Waals surface area contributed by atoms with Gasteiger partial charge in [0.1, 0.15) is 0 Å². The number of halogens is 3. The summed E-state index contributed by atoms with van der Waals surface area (Å²) in [7, 11) is 0. The average molecular weight is 448 g/mol. The lowest BCUT2D eigenvalue weighted by Crippen LogP contribution is -2.25. The van der Waals surface area contributed by atoms with E-state index in [0.717, 1.165) is 10.9 Å². The largest absolute Gasteiger partial charge is 0.453 e. The Morgan fingerprint density at radius 1 is 1.12 bits per heavy atom. The Balaban J connectivity index is 1.75. The summed E-state index contributed by atoms with van der Waals surface area (Å²) < 4.78 is 39.8. The van der Waals surface area contributed by atoms with Gasteiger partial charge in [-0.15, -0.1) is 5.10 Å². The number of hydrogen-bond acceptors (Lipinski definition) is 5. The summed E-state index contributed by atoms with van der Waals surface area (Å²) in [5.74, 6) is -2.03. The second-order valence-electron chi connectivity index (χ2n) is 7.26. The minimum atomic E-state index is -4.68. The number of fused-ring (bicyclic) bond motifs is 1. The first kappa shape index (κ1) is 23.2. The van der Waals surface area contributed by atoms with E-state index in [-0.39, 0.29) is 30.4 Å². The molecule has 2 heterocycles. The Morgan fingerprint density at radius 3 is 2.53 bits per heavy atom. The van der Waals surface area contributed by atoms with Gasteiger partial charge in [-0.3, -0.25) is 9.59 Å². The molecule has 0 saturated heterocycles. The summed E-state index contributed by atoms with van der Waals surface area (Å²) in [6, 6.07) is 6.67. The summed E-state index contributed by atoms with van der Waals surface area (Å²) in [4.78, 5) is 32.4. The van der Waals surface area contributed by atoms with E-state index in [1.54, 1.807) is 38.1 Å². The number of amides is 2. The van der Waals surface area contributed by atoms with E-state index >= 15 is 0 Å². The minimum Gasteiger partial charge on any atom is -0.352 e. The first-order chi connectivity index (χ1) is 15.1. The molecule has 0 aliphatic heterocycles. The highest BCUT2D eigenvalue weighted by atomic mass is 19.4. The number of aryl methyl sites for hydroxylation is 2. The van der Waals surface area contributed by atoms with Crippen molar-refractivity contribution in [2.24, 2.45) is 0 Å². The van der Waals surface area contributed by atoms with Crippen molar-refractivity contribution in [2.45, 2.75) is 46.2 Å². The van der Waals surface area contributed by atoms with Crippen molar-refractivity contribution in [1.82, 2.24) is 24.9 Å². The Bertz CT molecular complexity index is 1160. The quantitative estimate of drug-likeness (QED) is 0.576. The van der Waals surface area contributed by atoms with Gasteiger partial charge in [0.15, 0.2) is 0 Å². The molecule has 2 N–H and O–H groups in total. The van der Waals surface area contributed by atoms with Crippen LogP contribution in [-0.2, 0) is 17.4 Å². The molecular weight excluding hydrogens is 425 g/mol. The fraction of sp³-hybridized carbons (Fsp3) is 0.381. The van der Waals surface area contributed by atoms with Gasteiger partial charge in [0.05, 0.1) is 11.3 Å². The fourth-order valence-electron chi connectivity index (χ4n) is 3.27. The molecule has 1 aromatic carbocycles. The smallest absolute Gasteiger partial charge is 0.352 e. The van der Waals surface area contributed by atoms with Gasteiger partial charge in [-0.25, -0.2) is 9.50 Å². The first-order valence-electron chi connectivity index (χ1n) is 10.1. The zero-order valence-corrected chi connectivity index (χ0v) is 17.9. The Hall–Kier alpha value is -3.50. The maximum atomic E-state index is 12.9. The number of hydrogen-bond donors (Lipinski definition) is 2. The minimum absolute atomic E-state index is 0.0423. The summed E-state index contributed by atoms with van der Waals surface area (Å²) in [6.07, 6.45) is -3.61. The SMILES string of the molecule is CCCNC(=O)c1ccccc1NC(=O)CCc1c(C)nc2nc(C(F)(F)F)nn2c1C. The molecule has 170 valence electrons. The average Bonchev–Trinajstić information content (AvgIpc) is 3.17. The van der Waals surface area contributed by atoms with E-state index in [1.165, 1.54) is 0 Å². The second kappa shape index (κ2) is 9.33. The van der Waals surface area contributed by atoms with Gasteiger partial charge in [-0.2, -0.15) is 18.2 Å². The second-order valence-corrected chi connectivity index (χ2v) is 7.26. The van der Waals surface area contributed by atoms with Crippen molar-refractivity contribution in [3.63, 3.8) is 0 Å². The lowest BCUT2D eigenvalue weighted by atomic mass is 10.1. The summed E-state index contributed by atoms with van der Waals surface area (Å²) in [5.41, 5.74) is 2.26. The van der Waals surface area contributed by atoms with Crippen LogP contribution in [0.2, 0.25) is 0 Å². The van der Waals surface area contributed by atoms with Gasteiger partial charge in [0.2, 0.25) is 5.91 Å². The Labute approximate surface area is 182 Å². The van der Waals surface area contributed by atoms with Crippen LogP contribution < -0.4 is 10.6 Å². The number of anilines is 1. The predicted octanol–water partition coefficient (Wildman–Crippen LogP) is 3.47. The van der Waals surface area contributed by atoms with E-state index < -0.39 is 12.0 Å². The summed E-state index contributed by atoms with van der Waals surface area (Å²) >= 11 is 0. The van der Waals surface area contributed by atoms with E-state index in [0.29, 0.717) is 34.7 Å². The highest BCUT2D eigenvalue weighted by Crippen LogP contribution is 2.27. The molecule has 2 amide bonds.